The van der Waals surface area contributed by atoms with E-state index in [4.69, 9.17) is 9.47 Å². The van der Waals surface area contributed by atoms with Crippen LogP contribution in [0.3, 0.4) is 0 Å². The number of fused-ring (bicyclic) bond motifs is 3. The molecular weight excluding hydrogens is 350 g/mol. The van der Waals surface area contributed by atoms with Crippen molar-refractivity contribution in [2.45, 2.75) is 0 Å². The van der Waals surface area contributed by atoms with E-state index in [0.717, 1.165) is 21.1 Å². The van der Waals surface area contributed by atoms with Crippen molar-refractivity contribution < 1.29 is 14.3 Å². The molecule has 0 saturated heterocycles. The number of thiazole rings is 1. The molecule has 0 atom stereocenters. The molecule has 2 heterocycles. The van der Waals surface area contributed by atoms with Crippen LogP contribution < -0.4 is 14.8 Å². The molecule has 1 N–H and O–H groups in total. The van der Waals surface area contributed by atoms with Crippen LogP contribution in [0.4, 0.5) is 5.13 Å². The Hall–Kier alpha value is -3.19. The summed E-state index contributed by atoms with van der Waals surface area (Å²) in [5.74, 6) is 0.928. The third-order valence-corrected chi connectivity index (χ3v) is 4.92. The van der Waals surface area contributed by atoms with Crippen LogP contribution in [-0.4, -0.2) is 30.1 Å². The third-order valence-electron chi connectivity index (χ3n) is 4.00. The van der Waals surface area contributed by atoms with Crippen molar-refractivity contribution in [2.24, 2.45) is 0 Å². The van der Waals surface area contributed by atoms with Crippen LogP contribution in [0.25, 0.3) is 21.1 Å². The number of nitrogens with zero attached hydrogens (tertiary/aromatic N) is 2. The van der Waals surface area contributed by atoms with Gasteiger partial charge in [-0.25, -0.2) is 4.98 Å². The van der Waals surface area contributed by atoms with Crippen molar-refractivity contribution in [2.75, 3.05) is 19.5 Å². The van der Waals surface area contributed by atoms with Crippen molar-refractivity contribution in [1.29, 1.82) is 0 Å². The number of amides is 1. The number of hydrogen-bond acceptors (Lipinski definition) is 6. The van der Waals surface area contributed by atoms with Gasteiger partial charge < -0.3 is 9.47 Å². The number of carbonyl (C=O) groups is 1. The maximum Gasteiger partial charge on any atom is 0.261 e. The lowest BCUT2D eigenvalue weighted by Crippen LogP contribution is -2.12. The van der Waals surface area contributed by atoms with Gasteiger partial charge in [-0.3, -0.25) is 15.1 Å². The Kier molecular flexibility index (Phi) is 4.14. The van der Waals surface area contributed by atoms with E-state index < -0.39 is 0 Å². The number of para-hydroxylation sites is 1. The van der Waals surface area contributed by atoms with E-state index in [1.54, 1.807) is 31.5 Å². The Balaban J connectivity index is 1.76. The number of benzene rings is 2. The molecule has 6 nitrogen and oxygen atoms in total. The molecule has 7 heteroatoms. The number of nitrogens with one attached hydrogen (secondary N) is 1. The Bertz CT molecular complexity index is 1120. The maximum absolute atomic E-state index is 12.6. The van der Waals surface area contributed by atoms with E-state index in [2.05, 4.69) is 15.3 Å². The zero-order valence-electron chi connectivity index (χ0n) is 14.1. The van der Waals surface area contributed by atoms with E-state index in [1.165, 1.54) is 18.4 Å². The quantitative estimate of drug-likeness (QED) is 0.589. The van der Waals surface area contributed by atoms with Crippen LogP contribution in [0.15, 0.2) is 48.7 Å². The van der Waals surface area contributed by atoms with Gasteiger partial charge >= 0.3 is 0 Å². The molecule has 0 aliphatic rings. The monoisotopic (exact) mass is 365 g/mol. The molecule has 4 aromatic rings. The van der Waals surface area contributed by atoms with Crippen LogP contribution >= 0.6 is 11.3 Å². The highest BCUT2D eigenvalue weighted by Gasteiger charge is 2.16. The second-order valence-corrected chi connectivity index (χ2v) is 6.53. The number of rotatable bonds is 4. The lowest BCUT2D eigenvalue weighted by molar-refractivity contribution is 0.102. The third kappa shape index (κ3) is 2.72. The van der Waals surface area contributed by atoms with E-state index in [1.807, 2.05) is 24.3 Å². The molecule has 0 unspecified atom stereocenters. The highest BCUT2D eigenvalue weighted by molar-refractivity contribution is 7.22. The summed E-state index contributed by atoms with van der Waals surface area (Å²) < 4.78 is 11.6. The van der Waals surface area contributed by atoms with Gasteiger partial charge in [0.05, 0.1) is 30.0 Å². The van der Waals surface area contributed by atoms with Gasteiger partial charge in [0.15, 0.2) is 5.13 Å². The summed E-state index contributed by atoms with van der Waals surface area (Å²) >= 11 is 1.39. The number of methoxy groups -OCH3 is 2. The average Bonchev–Trinajstić information content (AvgIpc) is 3.09. The summed E-state index contributed by atoms with van der Waals surface area (Å²) in [4.78, 5) is 21.6. The number of pyridine rings is 1. The number of anilines is 1. The lowest BCUT2D eigenvalue weighted by Gasteiger charge is -2.06. The largest absolute Gasteiger partial charge is 0.496 e. The Morgan fingerprint density at radius 2 is 1.85 bits per heavy atom. The second kappa shape index (κ2) is 6.61. The second-order valence-electron chi connectivity index (χ2n) is 5.50. The van der Waals surface area contributed by atoms with Crippen LogP contribution in [0, 0.1) is 0 Å². The predicted molar refractivity (Wildman–Crippen MR) is 102 cm³/mol. The molecule has 0 saturated carbocycles. The highest BCUT2D eigenvalue weighted by atomic mass is 32.1. The zero-order valence-corrected chi connectivity index (χ0v) is 15.0. The fourth-order valence-electron chi connectivity index (χ4n) is 2.81. The first kappa shape index (κ1) is 16.3. The molecule has 130 valence electrons. The first-order valence-electron chi connectivity index (χ1n) is 7.88. The zero-order chi connectivity index (χ0) is 18.1. The lowest BCUT2D eigenvalue weighted by atomic mass is 10.2. The van der Waals surface area contributed by atoms with Crippen LogP contribution in [0.5, 0.6) is 11.5 Å². The molecule has 0 spiro atoms. The van der Waals surface area contributed by atoms with Gasteiger partial charge in [0.1, 0.15) is 17.0 Å². The molecule has 0 aliphatic carbocycles. The molecule has 0 bridgehead atoms. The molecule has 2 aromatic heterocycles. The van der Waals surface area contributed by atoms with E-state index in [9.17, 15) is 4.79 Å². The Labute approximate surface area is 153 Å². The molecule has 0 fully saturated rings. The Morgan fingerprint density at radius 3 is 2.65 bits per heavy atom. The number of carbonyl (C=O) groups excluding carboxylic acids is 1. The topological polar surface area (TPSA) is 73.3 Å². The van der Waals surface area contributed by atoms with Gasteiger partial charge in [0.25, 0.3) is 5.91 Å². The molecule has 2 aromatic carbocycles. The van der Waals surface area contributed by atoms with Gasteiger partial charge in [-0.2, -0.15) is 0 Å². The minimum atomic E-state index is -0.268. The predicted octanol–water partition coefficient (Wildman–Crippen LogP) is 4.11. The molecular formula is C19H15N3O3S. The van der Waals surface area contributed by atoms with Gasteiger partial charge in [0.2, 0.25) is 0 Å². The van der Waals surface area contributed by atoms with Crippen LogP contribution in [0.1, 0.15) is 10.4 Å². The Morgan fingerprint density at radius 1 is 1.04 bits per heavy atom. The van der Waals surface area contributed by atoms with Crippen LogP contribution in [0.2, 0.25) is 0 Å². The van der Waals surface area contributed by atoms with Gasteiger partial charge in [-0.1, -0.05) is 23.5 Å². The van der Waals surface area contributed by atoms with Crippen LogP contribution in [-0.2, 0) is 0 Å². The standard InChI is InChI=1S/C19H15N3O3S/c1-24-13-8-4-3-6-11(13)18(23)22-19-21-17-12-7-5-9-20-16(12)14(25-2)10-15(17)26-19/h3-10H,1-2H3,(H,21,22,23). The molecule has 26 heavy (non-hydrogen) atoms. The molecule has 0 aliphatic heterocycles. The van der Waals surface area contributed by atoms with Gasteiger partial charge in [-0.15, -0.1) is 0 Å². The number of hydrogen-bond donors (Lipinski definition) is 1. The van der Waals surface area contributed by atoms with Crippen molar-refractivity contribution in [3.05, 3.63) is 54.2 Å². The first-order valence-corrected chi connectivity index (χ1v) is 8.69. The minimum Gasteiger partial charge on any atom is -0.496 e. The first-order chi connectivity index (χ1) is 12.7. The van der Waals surface area contributed by atoms with Crippen molar-refractivity contribution in [3.8, 4) is 11.5 Å². The molecule has 1 amide bonds. The SMILES string of the molecule is COc1ccccc1C(=O)Nc1nc2c(cc(OC)c3ncccc32)s1. The normalized spacial score (nSPS) is 10.8. The van der Waals surface area contributed by atoms with Crippen molar-refractivity contribution in [1.82, 2.24) is 9.97 Å². The van der Waals surface area contributed by atoms with Crippen molar-refractivity contribution >= 4 is 43.5 Å². The van der Waals surface area contributed by atoms with Gasteiger partial charge in [-0.05, 0) is 24.3 Å². The molecule has 0 radical (unpaired) electrons. The summed E-state index contributed by atoms with van der Waals surface area (Å²) in [7, 11) is 3.15. The fraction of sp³-hybridized carbons (Fsp3) is 0.105. The highest BCUT2D eigenvalue weighted by Crippen LogP contribution is 2.36. The summed E-state index contributed by atoms with van der Waals surface area (Å²) in [5.41, 5.74) is 1.99. The smallest absolute Gasteiger partial charge is 0.261 e. The summed E-state index contributed by atoms with van der Waals surface area (Å²) in [5, 5.41) is 4.25. The minimum absolute atomic E-state index is 0.268. The van der Waals surface area contributed by atoms with Crippen molar-refractivity contribution in [3.63, 3.8) is 0 Å². The summed E-state index contributed by atoms with van der Waals surface area (Å²) in [6.07, 6.45) is 1.72. The summed E-state index contributed by atoms with van der Waals surface area (Å²) in [6.45, 7) is 0. The summed E-state index contributed by atoms with van der Waals surface area (Å²) in [6, 6.07) is 12.8. The van der Waals surface area contributed by atoms with E-state index in [0.29, 0.717) is 22.2 Å². The fourth-order valence-corrected chi connectivity index (χ4v) is 3.72. The number of ether oxygens (including phenoxy) is 2. The van der Waals surface area contributed by atoms with E-state index in [-0.39, 0.29) is 5.91 Å². The number of aromatic nitrogens is 2. The van der Waals surface area contributed by atoms with E-state index >= 15 is 0 Å². The van der Waals surface area contributed by atoms with Gasteiger partial charge in [0, 0.05) is 17.6 Å². The average molecular weight is 365 g/mol. The molecule has 4 rings (SSSR count). The maximum atomic E-state index is 12.6.